The maximum Gasteiger partial charge on any atom is 0.302 e. The number of aliphatic hydroxyl groups is 1. The number of carbonyl (C=O) groups excluding carboxylic acids is 2. The van der Waals surface area contributed by atoms with Gasteiger partial charge in [-0.05, 0) is 103 Å². The van der Waals surface area contributed by atoms with E-state index < -0.39 is 11.5 Å². The number of aldehydes is 1. The lowest BCUT2D eigenvalue weighted by atomic mass is 9.37. The van der Waals surface area contributed by atoms with Crippen LogP contribution in [0.15, 0.2) is 0 Å². The summed E-state index contributed by atoms with van der Waals surface area (Å²) in [4.78, 5) is 25.6. The van der Waals surface area contributed by atoms with Gasteiger partial charge in [-0.15, -0.1) is 0 Å². The molecule has 5 saturated carbocycles. The standard InChI is InChI=1S/C32H52O4/c1-20(34)36-23-11-12-29(7)21(27(23,4)5)10-13-30(8)24(29)25(35)32(19-33)22-18-26(2,3)14-15-28(22,6)16-17-31(30,32)9/h19,21-25,35H,10-18H2,1-9H3/t21?,22-,23+,24?,25+,28-,29+,30-,31+,32-/m1/s1. The number of ether oxygens (including phenoxy) is 1. The van der Waals surface area contributed by atoms with Gasteiger partial charge in [0.2, 0.25) is 0 Å². The van der Waals surface area contributed by atoms with Crippen LogP contribution < -0.4 is 0 Å². The molecule has 204 valence electrons. The van der Waals surface area contributed by atoms with E-state index >= 15 is 0 Å². The van der Waals surface area contributed by atoms with Gasteiger partial charge in [0.1, 0.15) is 12.4 Å². The highest BCUT2D eigenvalue weighted by atomic mass is 16.5. The summed E-state index contributed by atoms with van der Waals surface area (Å²) < 4.78 is 5.87. The zero-order valence-electron chi connectivity index (χ0n) is 24.5. The summed E-state index contributed by atoms with van der Waals surface area (Å²) in [5, 5.41) is 12.7. The molecule has 0 radical (unpaired) electrons. The van der Waals surface area contributed by atoms with Crippen LogP contribution in [0.3, 0.4) is 0 Å². The van der Waals surface area contributed by atoms with Crippen LogP contribution in [-0.4, -0.2) is 29.6 Å². The quantitative estimate of drug-likeness (QED) is 0.328. The largest absolute Gasteiger partial charge is 0.462 e. The summed E-state index contributed by atoms with van der Waals surface area (Å²) in [7, 11) is 0. The lowest BCUT2D eigenvalue weighted by Gasteiger charge is -2.66. The minimum absolute atomic E-state index is 0.0730. The molecule has 4 heteroatoms. The Hall–Kier alpha value is -0.900. The Morgan fingerprint density at radius 1 is 0.861 bits per heavy atom. The zero-order valence-corrected chi connectivity index (χ0v) is 24.5. The van der Waals surface area contributed by atoms with E-state index in [2.05, 4.69) is 55.4 Å². The van der Waals surface area contributed by atoms with E-state index in [1.165, 1.54) is 19.6 Å². The van der Waals surface area contributed by atoms with Gasteiger partial charge >= 0.3 is 5.97 Å². The third-order valence-corrected chi connectivity index (χ3v) is 14.1. The predicted octanol–water partition coefficient (Wildman–Crippen LogP) is 6.97. The van der Waals surface area contributed by atoms with E-state index in [0.29, 0.717) is 5.92 Å². The minimum atomic E-state index is -0.702. The van der Waals surface area contributed by atoms with Crippen molar-refractivity contribution < 1.29 is 19.4 Å². The van der Waals surface area contributed by atoms with Crippen LogP contribution in [0.25, 0.3) is 0 Å². The molecular formula is C32H52O4. The summed E-state index contributed by atoms with van der Waals surface area (Å²) in [5.41, 5.74) is -0.948. The molecule has 10 atom stereocenters. The topological polar surface area (TPSA) is 63.6 Å². The normalized spacial score (nSPS) is 54.9. The van der Waals surface area contributed by atoms with Crippen molar-refractivity contribution in [1.29, 1.82) is 0 Å². The molecule has 0 aromatic heterocycles. The smallest absolute Gasteiger partial charge is 0.302 e. The Labute approximate surface area is 219 Å². The first-order valence-corrected chi connectivity index (χ1v) is 14.8. The average Bonchev–Trinajstić information content (AvgIpc) is 2.92. The average molecular weight is 501 g/mol. The van der Waals surface area contributed by atoms with E-state index in [1.54, 1.807) is 0 Å². The van der Waals surface area contributed by atoms with Gasteiger partial charge < -0.3 is 14.6 Å². The molecule has 36 heavy (non-hydrogen) atoms. The van der Waals surface area contributed by atoms with Gasteiger partial charge in [-0.3, -0.25) is 4.79 Å². The van der Waals surface area contributed by atoms with Crippen molar-refractivity contribution in [2.45, 2.75) is 132 Å². The second-order valence-electron chi connectivity index (χ2n) is 16.4. The Morgan fingerprint density at radius 3 is 2.11 bits per heavy atom. The fourth-order valence-corrected chi connectivity index (χ4v) is 12.0. The molecule has 0 aromatic carbocycles. The van der Waals surface area contributed by atoms with E-state index in [-0.39, 0.29) is 56.4 Å². The fraction of sp³-hybridized carbons (Fsp3) is 0.938. The molecule has 0 amide bonds. The van der Waals surface area contributed by atoms with Gasteiger partial charge in [0.15, 0.2) is 0 Å². The van der Waals surface area contributed by atoms with Crippen LogP contribution in [0.1, 0.15) is 120 Å². The van der Waals surface area contributed by atoms with Crippen LogP contribution in [0.2, 0.25) is 0 Å². The number of rotatable bonds is 2. The Balaban J connectivity index is 1.64. The van der Waals surface area contributed by atoms with Gasteiger partial charge in [-0.1, -0.05) is 55.4 Å². The monoisotopic (exact) mass is 500 g/mol. The molecule has 1 N–H and O–H groups in total. The third kappa shape index (κ3) is 2.97. The number of hydrogen-bond donors (Lipinski definition) is 1. The van der Waals surface area contributed by atoms with Crippen molar-refractivity contribution in [1.82, 2.24) is 0 Å². The predicted molar refractivity (Wildman–Crippen MR) is 142 cm³/mol. The first-order chi connectivity index (χ1) is 16.5. The molecule has 0 spiro atoms. The molecule has 4 nitrogen and oxygen atoms in total. The molecule has 5 fully saturated rings. The van der Waals surface area contributed by atoms with E-state index in [4.69, 9.17) is 4.74 Å². The van der Waals surface area contributed by atoms with Gasteiger partial charge in [0.25, 0.3) is 0 Å². The van der Waals surface area contributed by atoms with Gasteiger partial charge in [-0.25, -0.2) is 0 Å². The SMILES string of the molecule is CC(=O)O[C@H]1CC[C@@]2(C)C(CC[C@]3(C)C2[C@H](O)[C@@]2(C=O)[C@@H]4CC(C)(C)CC[C@]4(C)CC[C@]23C)C1(C)C. The molecule has 0 aliphatic heterocycles. The maximum atomic E-state index is 13.6. The van der Waals surface area contributed by atoms with Gasteiger partial charge in [-0.2, -0.15) is 0 Å². The lowest BCUT2D eigenvalue weighted by Crippen LogP contribution is -2.62. The van der Waals surface area contributed by atoms with Crippen LogP contribution in [0, 0.1) is 55.7 Å². The highest BCUT2D eigenvalue weighted by Crippen LogP contribution is 2.82. The van der Waals surface area contributed by atoms with Crippen molar-refractivity contribution >= 4 is 12.3 Å². The lowest BCUT2D eigenvalue weighted by molar-refractivity contribution is -0.205. The molecule has 0 aromatic rings. The van der Waals surface area contributed by atoms with E-state index in [1.807, 2.05) is 0 Å². The molecule has 5 aliphatic rings. The Bertz CT molecular complexity index is 954. The highest BCUT2D eigenvalue weighted by molar-refractivity contribution is 5.67. The zero-order chi connectivity index (χ0) is 26.7. The Morgan fingerprint density at radius 2 is 1.50 bits per heavy atom. The molecule has 2 unspecified atom stereocenters. The molecule has 5 aliphatic carbocycles. The fourth-order valence-electron chi connectivity index (χ4n) is 12.0. The molecule has 0 heterocycles. The summed E-state index contributed by atoms with van der Waals surface area (Å²) in [5.74, 6) is 0.437. The molecular weight excluding hydrogens is 448 g/mol. The van der Waals surface area contributed by atoms with Crippen molar-refractivity contribution in [2.75, 3.05) is 0 Å². The summed E-state index contributed by atoms with van der Waals surface area (Å²) >= 11 is 0. The van der Waals surface area contributed by atoms with Gasteiger partial charge in [0, 0.05) is 12.3 Å². The number of hydrogen-bond acceptors (Lipinski definition) is 4. The maximum absolute atomic E-state index is 13.6. The first kappa shape index (κ1) is 26.7. The highest BCUT2D eigenvalue weighted by Gasteiger charge is 2.81. The molecule has 0 saturated heterocycles. The number of aliphatic hydroxyl groups excluding tert-OH is 1. The van der Waals surface area contributed by atoms with Crippen LogP contribution >= 0.6 is 0 Å². The van der Waals surface area contributed by atoms with Crippen LogP contribution in [0.5, 0.6) is 0 Å². The van der Waals surface area contributed by atoms with E-state index in [9.17, 15) is 14.7 Å². The first-order valence-electron chi connectivity index (χ1n) is 14.8. The van der Waals surface area contributed by atoms with E-state index in [0.717, 1.165) is 51.4 Å². The number of fused-ring (bicyclic) bond motifs is 7. The second-order valence-corrected chi connectivity index (χ2v) is 16.4. The van der Waals surface area contributed by atoms with Crippen molar-refractivity contribution in [2.24, 2.45) is 55.7 Å². The minimum Gasteiger partial charge on any atom is -0.462 e. The summed E-state index contributed by atoms with van der Waals surface area (Å²) in [6, 6.07) is 0. The van der Waals surface area contributed by atoms with Crippen LogP contribution in [0.4, 0.5) is 0 Å². The molecule has 0 bridgehead atoms. The molecule has 5 rings (SSSR count). The third-order valence-electron chi connectivity index (χ3n) is 14.1. The summed E-state index contributed by atoms with van der Waals surface area (Å²) in [6.45, 7) is 20.5. The van der Waals surface area contributed by atoms with Crippen molar-refractivity contribution in [3.05, 3.63) is 0 Å². The second kappa shape index (κ2) is 7.60. The van der Waals surface area contributed by atoms with Crippen molar-refractivity contribution in [3.8, 4) is 0 Å². The number of esters is 1. The number of carbonyl (C=O) groups is 2. The van der Waals surface area contributed by atoms with Crippen LogP contribution in [-0.2, 0) is 14.3 Å². The summed E-state index contributed by atoms with van der Waals surface area (Å²) in [6.07, 6.45) is 10.0. The van der Waals surface area contributed by atoms with Crippen molar-refractivity contribution in [3.63, 3.8) is 0 Å². The Kier molecular flexibility index (Phi) is 5.64. The van der Waals surface area contributed by atoms with Gasteiger partial charge in [0.05, 0.1) is 11.5 Å².